The van der Waals surface area contributed by atoms with Crippen LogP contribution in [0.5, 0.6) is 0 Å². The number of aromatic nitrogens is 2. The number of guanidine groups is 1. The number of anilines is 1. The summed E-state index contributed by atoms with van der Waals surface area (Å²) in [6.07, 6.45) is 1.74. The summed E-state index contributed by atoms with van der Waals surface area (Å²) in [6, 6.07) is 9.80. The van der Waals surface area contributed by atoms with E-state index in [1.165, 1.54) is 5.69 Å². The quantitative estimate of drug-likeness (QED) is 0.423. The van der Waals surface area contributed by atoms with Crippen LogP contribution in [0, 0.1) is 6.92 Å². The molecule has 0 atom stereocenters. The number of halogens is 2. The van der Waals surface area contributed by atoms with Gasteiger partial charge < -0.3 is 15.5 Å². The first-order chi connectivity index (χ1) is 11.6. The molecule has 2 N–H and O–H groups in total. The van der Waals surface area contributed by atoms with Gasteiger partial charge in [-0.3, -0.25) is 0 Å². The Morgan fingerprint density at radius 2 is 1.84 bits per heavy atom. The summed E-state index contributed by atoms with van der Waals surface area (Å²) in [4.78, 5) is 17.3. The molecule has 0 amide bonds. The second-order valence-electron chi connectivity index (χ2n) is 5.72. The first-order valence-corrected chi connectivity index (χ1v) is 8.33. The molecule has 8 heteroatoms. The van der Waals surface area contributed by atoms with E-state index in [0.29, 0.717) is 12.5 Å². The first kappa shape index (κ1) is 19.7. The van der Waals surface area contributed by atoms with Gasteiger partial charge >= 0.3 is 0 Å². The highest BCUT2D eigenvalue weighted by molar-refractivity contribution is 14.0. The van der Waals surface area contributed by atoms with Crippen molar-refractivity contribution in [2.45, 2.75) is 13.5 Å². The minimum Gasteiger partial charge on any atom is -0.370 e. The van der Waals surface area contributed by atoms with Gasteiger partial charge in [0.2, 0.25) is 0 Å². The lowest BCUT2D eigenvalue weighted by Crippen LogP contribution is -2.51. The number of hydrogen-bond donors (Lipinski definition) is 1. The van der Waals surface area contributed by atoms with Crippen LogP contribution in [0.4, 0.5) is 5.69 Å². The van der Waals surface area contributed by atoms with Gasteiger partial charge in [-0.15, -0.1) is 24.0 Å². The van der Waals surface area contributed by atoms with Crippen molar-refractivity contribution in [2.24, 2.45) is 10.7 Å². The lowest BCUT2D eigenvalue weighted by atomic mass is 10.2. The molecular weight excluding hydrogens is 451 g/mol. The van der Waals surface area contributed by atoms with E-state index in [1.807, 2.05) is 37.3 Å². The van der Waals surface area contributed by atoms with Crippen molar-refractivity contribution in [1.29, 1.82) is 0 Å². The zero-order chi connectivity index (χ0) is 16.9. The maximum atomic E-state index is 6.13. The molecule has 1 aromatic heterocycles. The summed E-state index contributed by atoms with van der Waals surface area (Å²) >= 11 is 5.94. The van der Waals surface area contributed by atoms with Crippen molar-refractivity contribution in [2.75, 3.05) is 31.1 Å². The third-order valence-electron chi connectivity index (χ3n) is 4.03. The fraction of sp³-hybridized carbons (Fsp3) is 0.353. The number of rotatable bonds is 3. The van der Waals surface area contributed by atoms with Crippen LogP contribution in [-0.4, -0.2) is 47.0 Å². The van der Waals surface area contributed by atoms with Crippen LogP contribution in [0.3, 0.4) is 0 Å². The second kappa shape index (κ2) is 9.19. The van der Waals surface area contributed by atoms with Crippen molar-refractivity contribution in [3.63, 3.8) is 0 Å². The standard InChI is InChI=1S/C17H21ClN6.HI/c1-13-20-7-6-15(22-13)12-21-17(19)24-10-8-23(9-11-24)16-4-2-14(18)3-5-16;/h2-7H,8-12H2,1H3,(H2,19,21);1H. The predicted molar refractivity (Wildman–Crippen MR) is 113 cm³/mol. The number of benzene rings is 1. The molecule has 1 aliphatic rings. The zero-order valence-electron chi connectivity index (χ0n) is 14.1. The Kier molecular flexibility index (Phi) is 7.24. The van der Waals surface area contributed by atoms with Crippen LogP contribution >= 0.6 is 35.6 Å². The smallest absolute Gasteiger partial charge is 0.191 e. The van der Waals surface area contributed by atoms with Crippen molar-refractivity contribution in [3.8, 4) is 0 Å². The molecule has 0 radical (unpaired) electrons. The number of aryl methyl sites for hydroxylation is 1. The Balaban J connectivity index is 0.00000225. The van der Waals surface area contributed by atoms with Crippen LogP contribution < -0.4 is 10.6 Å². The number of nitrogens with zero attached hydrogens (tertiary/aromatic N) is 5. The van der Waals surface area contributed by atoms with Gasteiger partial charge in [0, 0.05) is 43.1 Å². The number of hydrogen-bond acceptors (Lipinski definition) is 4. The third kappa shape index (κ3) is 5.43. The highest BCUT2D eigenvalue weighted by atomic mass is 127. The Morgan fingerprint density at radius 1 is 1.16 bits per heavy atom. The third-order valence-corrected chi connectivity index (χ3v) is 4.28. The van der Waals surface area contributed by atoms with E-state index in [2.05, 4.69) is 24.8 Å². The zero-order valence-corrected chi connectivity index (χ0v) is 17.2. The molecule has 134 valence electrons. The SMILES string of the molecule is Cc1nccc(CN=C(N)N2CCN(c3ccc(Cl)cc3)CC2)n1.I. The molecule has 1 saturated heterocycles. The van der Waals surface area contributed by atoms with Gasteiger partial charge in [0.1, 0.15) is 5.82 Å². The van der Waals surface area contributed by atoms with E-state index >= 15 is 0 Å². The topological polar surface area (TPSA) is 70.6 Å². The lowest BCUT2D eigenvalue weighted by Gasteiger charge is -2.36. The molecule has 0 spiro atoms. The minimum absolute atomic E-state index is 0. The van der Waals surface area contributed by atoms with Crippen LogP contribution in [-0.2, 0) is 6.54 Å². The summed E-state index contributed by atoms with van der Waals surface area (Å²) in [5.41, 5.74) is 8.20. The average molecular weight is 473 g/mol. The van der Waals surface area contributed by atoms with Crippen molar-refractivity contribution < 1.29 is 0 Å². The lowest BCUT2D eigenvalue weighted by molar-refractivity contribution is 0.380. The molecule has 25 heavy (non-hydrogen) atoms. The largest absolute Gasteiger partial charge is 0.370 e. The second-order valence-corrected chi connectivity index (χ2v) is 6.16. The molecule has 0 aliphatic carbocycles. The summed E-state index contributed by atoms with van der Waals surface area (Å²) in [5.74, 6) is 1.32. The maximum Gasteiger partial charge on any atom is 0.191 e. The van der Waals surface area contributed by atoms with Gasteiger partial charge in [0.05, 0.1) is 12.2 Å². The molecular formula is C17H22ClIN6. The van der Waals surface area contributed by atoms with Crippen molar-refractivity contribution >= 4 is 47.2 Å². The van der Waals surface area contributed by atoms with E-state index in [-0.39, 0.29) is 24.0 Å². The molecule has 1 fully saturated rings. The molecule has 1 aromatic carbocycles. The van der Waals surface area contributed by atoms with Crippen molar-refractivity contribution in [3.05, 3.63) is 53.1 Å². The molecule has 2 heterocycles. The van der Waals surface area contributed by atoms with Gasteiger partial charge in [-0.25, -0.2) is 15.0 Å². The number of piperazine rings is 1. The van der Waals surface area contributed by atoms with Gasteiger partial charge in [-0.2, -0.15) is 0 Å². The maximum absolute atomic E-state index is 6.13. The minimum atomic E-state index is 0. The van der Waals surface area contributed by atoms with E-state index in [0.717, 1.165) is 42.7 Å². The Morgan fingerprint density at radius 3 is 2.48 bits per heavy atom. The summed E-state index contributed by atoms with van der Waals surface area (Å²) in [5, 5.41) is 0.758. The monoisotopic (exact) mass is 472 g/mol. The van der Waals surface area contributed by atoms with Gasteiger partial charge in [-0.05, 0) is 37.3 Å². The summed E-state index contributed by atoms with van der Waals surface area (Å²) in [6.45, 7) is 5.86. The Bertz CT molecular complexity index is 713. The fourth-order valence-electron chi connectivity index (χ4n) is 2.70. The van der Waals surface area contributed by atoms with Crippen molar-refractivity contribution in [1.82, 2.24) is 14.9 Å². The van der Waals surface area contributed by atoms with Gasteiger partial charge in [-0.1, -0.05) is 11.6 Å². The number of nitrogens with two attached hydrogens (primary N) is 1. The van der Waals surface area contributed by atoms with Crippen LogP contribution in [0.15, 0.2) is 41.5 Å². The van der Waals surface area contributed by atoms with E-state index < -0.39 is 0 Å². The van der Waals surface area contributed by atoms with Crippen LogP contribution in [0.25, 0.3) is 0 Å². The Hall–Kier alpha value is -1.61. The predicted octanol–water partition coefficient (Wildman–Crippen LogP) is 2.69. The first-order valence-electron chi connectivity index (χ1n) is 7.96. The van der Waals surface area contributed by atoms with Crippen LogP contribution in [0.2, 0.25) is 5.02 Å². The normalized spacial score (nSPS) is 15.0. The molecule has 3 rings (SSSR count). The summed E-state index contributed by atoms with van der Waals surface area (Å²) < 4.78 is 0. The van der Waals surface area contributed by atoms with E-state index in [9.17, 15) is 0 Å². The molecule has 6 nitrogen and oxygen atoms in total. The van der Waals surface area contributed by atoms with E-state index in [4.69, 9.17) is 17.3 Å². The number of aliphatic imine (C=N–C) groups is 1. The molecule has 2 aromatic rings. The highest BCUT2D eigenvalue weighted by Gasteiger charge is 2.18. The van der Waals surface area contributed by atoms with Crippen LogP contribution in [0.1, 0.15) is 11.5 Å². The fourth-order valence-corrected chi connectivity index (χ4v) is 2.83. The Labute approximate surface area is 170 Å². The average Bonchev–Trinajstić information content (AvgIpc) is 2.61. The molecule has 0 bridgehead atoms. The summed E-state index contributed by atoms with van der Waals surface area (Å²) in [7, 11) is 0. The molecule has 0 unspecified atom stereocenters. The van der Waals surface area contributed by atoms with Gasteiger partial charge in [0.15, 0.2) is 5.96 Å². The van der Waals surface area contributed by atoms with Gasteiger partial charge in [0.25, 0.3) is 0 Å². The molecule has 1 aliphatic heterocycles. The molecule has 0 saturated carbocycles. The van der Waals surface area contributed by atoms with E-state index in [1.54, 1.807) is 6.20 Å². The highest BCUT2D eigenvalue weighted by Crippen LogP contribution is 2.19.